The van der Waals surface area contributed by atoms with Crippen molar-refractivity contribution in [1.82, 2.24) is 0 Å². The van der Waals surface area contributed by atoms with Gasteiger partial charge in [-0.25, -0.2) is 8.42 Å². The van der Waals surface area contributed by atoms with Crippen LogP contribution in [0, 0.1) is 0 Å². The average molecular weight is 414 g/mol. The monoisotopic (exact) mass is 413 g/mol. The van der Waals surface area contributed by atoms with Crippen molar-refractivity contribution in [1.29, 1.82) is 0 Å². The van der Waals surface area contributed by atoms with E-state index in [2.05, 4.69) is 0 Å². The third kappa shape index (κ3) is 3.25. The van der Waals surface area contributed by atoms with Gasteiger partial charge in [0.1, 0.15) is 11.0 Å². The van der Waals surface area contributed by atoms with Crippen molar-refractivity contribution < 1.29 is 13.2 Å². The lowest BCUT2D eigenvalue weighted by atomic mass is 9.97. The Morgan fingerprint density at radius 3 is 2.14 bits per heavy atom. The number of anilines is 1. The highest BCUT2D eigenvalue weighted by Gasteiger charge is 2.55. The molecule has 0 spiro atoms. The second-order valence-electron chi connectivity index (χ2n) is 6.60. The van der Waals surface area contributed by atoms with Crippen molar-refractivity contribution in [3.63, 3.8) is 0 Å². The zero-order valence-corrected chi connectivity index (χ0v) is 16.9. The van der Waals surface area contributed by atoms with E-state index in [1.807, 2.05) is 49.4 Å². The molecule has 6 heteroatoms. The summed E-state index contributed by atoms with van der Waals surface area (Å²) in [6.07, 6.45) is 0. The van der Waals surface area contributed by atoms with E-state index in [0.29, 0.717) is 23.1 Å². The second kappa shape index (κ2) is 7.49. The molecule has 1 aliphatic rings. The van der Waals surface area contributed by atoms with Gasteiger partial charge in [-0.15, -0.1) is 0 Å². The van der Waals surface area contributed by atoms with Crippen LogP contribution >= 0.6 is 11.6 Å². The van der Waals surface area contributed by atoms with Gasteiger partial charge in [0.15, 0.2) is 0 Å². The van der Waals surface area contributed by atoms with Gasteiger partial charge in [0.2, 0.25) is 10.0 Å². The summed E-state index contributed by atoms with van der Waals surface area (Å²) in [7, 11) is -3.54. The van der Waals surface area contributed by atoms with E-state index in [1.165, 1.54) is 4.31 Å². The molecular formula is C22H20ClNO3S. The van der Waals surface area contributed by atoms with E-state index >= 15 is 0 Å². The summed E-state index contributed by atoms with van der Waals surface area (Å²) in [4.78, 5) is 0. The van der Waals surface area contributed by atoms with Crippen molar-refractivity contribution in [2.24, 2.45) is 0 Å². The minimum atomic E-state index is -3.54. The third-order valence-electron chi connectivity index (χ3n) is 4.88. The molecule has 2 atom stereocenters. The van der Waals surface area contributed by atoms with Crippen LogP contribution in [0.4, 0.5) is 5.69 Å². The van der Waals surface area contributed by atoms with Crippen LogP contribution in [0.5, 0.6) is 5.75 Å². The van der Waals surface area contributed by atoms with Crippen molar-refractivity contribution in [2.75, 3.05) is 10.9 Å². The van der Waals surface area contributed by atoms with Crippen molar-refractivity contribution in [3.05, 3.63) is 95.0 Å². The van der Waals surface area contributed by atoms with Crippen molar-refractivity contribution in [2.45, 2.75) is 18.2 Å². The fourth-order valence-electron chi connectivity index (χ4n) is 3.64. The Kier molecular flexibility index (Phi) is 5.04. The molecule has 0 aromatic heterocycles. The standard InChI is InChI=1S/C22H20ClNO3S/c1-2-27-20-14-12-19(13-15-20)24-21(16-8-10-18(23)11-9-16)22(28(24,25)26)17-6-4-3-5-7-17/h3-15,21-22H,2H2,1H3/t21-,22+/m1/s1. The number of hydrogen-bond acceptors (Lipinski definition) is 3. The molecule has 0 saturated carbocycles. The van der Waals surface area contributed by atoms with E-state index in [0.717, 1.165) is 11.1 Å². The molecule has 1 saturated heterocycles. The Labute approximate surface area is 170 Å². The molecule has 4 rings (SSSR count). The largest absolute Gasteiger partial charge is 0.494 e. The summed E-state index contributed by atoms with van der Waals surface area (Å²) >= 11 is 6.04. The number of hydrogen-bond donors (Lipinski definition) is 0. The van der Waals surface area contributed by atoms with Gasteiger partial charge in [-0.1, -0.05) is 54.1 Å². The summed E-state index contributed by atoms with van der Waals surface area (Å²) in [5.41, 5.74) is 2.31. The van der Waals surface area contributed by atoms with Crippen LogP contribution in [0.1, 0.15) is 29.3 Å². The Bertz CT molecular complexity index is 1050. The summed E-state index contributed by atoms with van der Waals surface area (Å²) in [5, 5.41) is -0.0174. The zero-order chi connectivity index (χ0) is 19.7. The van der Waals surface area contributed by atoms with Gasteiger partial charge >= 0.3 is 0 Å². The van der Waals surface area contributed by atoms with Crippen LogP contribution in [0.25, 0.3) is 0 Å². The van der Waals surface area contributed by atoms with Crippen LogP contribution in [-0.4, -0.2) is 15.0 Å². The van der Waals surface area contributed by atoms with Crippen molar-refractivity contribution >= 4 is 27.3 Å². The van der Waals surface area contributed by atoms with Gasteiger partial charge in [0, 0.05) is 5.02 Å². The Morgan fingerprint density at radius 1 is 0.893 bits per heavy atom. The number of nitrogens with zero attached hydrogens (tertiary/aromatic N) is 1. The van der Waals surface area contributed by atoms with Crippen LogP contribution in [0.3, 0.4) is 0 Å². The molecule has 3 aromatic rings. The van der Waals surface area contributed by atoms with E-state index < -0.39 is 15.3 Å². The Morgan fingerprint density at radius 2 is 1.54 bits per heavy atom. The number of halogens is 1. The second-order valence-corrected chi connectivity index (χ2v) is 8.96. The first-order chi connectivity index (χ1) is 13.5. The van der Waals surface area contributed by atoms with Crippen molar-refractivity contribution in [3.8, 4) is 5.75 Å². The quantitative estimate of drug-likeness (QED) is 0.564. The van der Waals surface area contributed by atoms with E-state index in [9.17, 15) is 8.42 Å². The summed E-state index contributed by atoms with van der Waals surface area (Å²) in [6, 6.07) is 23.5. The Hall–Kier alpha value is -2.50. The lowest BCUT2D eigenvalue weighted by Crippen LogP contribution is -2.53. The zero-order valence-electron chi connectivity index (χ0n) is 15.3. The fourth-order valence-corrected chi connectivity index (χ4v) is 5.89. The Balaban J connectivity index is 1.78. The van der Waals surface area contributed by atoms with E-state index in [-0.39, 0.29) is 6.04 Å². The van der Waals surface area contributed by atoms with Crippen LogP contribution in [0.15, 0.2) is 78.9 Å². The summed E-state index contributed by atoms with van der Waals surface area (Å²) in [6.45, 7) is 2.47. The van der Waals surface area contributed by atoms with Gasteiger partial charge < -0.3 is 4.74 Å². The SMILES string of the molecule is CCOc1ccc(N2[C@H](c3ccc(Cl)cc3)[C@H](c3ccccc3)S2(=O)=O)cc1. The highest BCUT2D eigenvalue weighted by atomic mass is 35.5. The maximum atomic E-state index is 13.3. The highest BCUT2D eigenvalue weighted by Crippen LogP contribution is 2.54. The first-order valence-electron chi connectivity index (χ1n) is 9.09. The highest BCUT2D eigenvalue weighted by molar-refractivity contribution is 7.94. The molecule has 4 nitrogen and oxygen atoms in total. The molecule has 144 valence electrons. The normalized spacial score (nSPS) is 20.4. The lowest BCUT2D eigenvalue weighted by molar-refractivity contribution is 0.340. The lowest BCUT2D eigenvalue weighted by Gasteiger charge is -2.48. The molecule has 1 heterocycles. The molecule has 28 heavy (non-hydrogen) atoms. The van der Waals surface area contributed by atoms with Gasteiger partial charge in [-0.3, -0.25) is 4.31 Å². The maximum absolute atomic E-state index is 13.3. The van der Waals surface area contributed by atoms with Crippen LogP contribution in [-0.2, 0) is 10.0 Å². The molecule has 0 aliphatic carbocycles. The molecule has 0 unspecified atom stereocenters. The predicted molar refractivity (Wildman–Crippen MR) is 112 cm³/mol. The molecule has 3 aromatic carbocycles. The first-order valence-corrected chi connectivity index (χ1v) is 11.0. The molecule has 0 bridgehead atoms. The minimum absolute atomic E-state index is 0.331. The third-order valence-corrected chi connectivity index (χ3v) is 7.29. The molecule has 1 aliphatic heterocycles. The fraction of sp³-hybridized carbons (Fsp3) is 0.182. The van der Waals surface area contributed by atoms with Gasteiger partial charge in [-0.05, 0) is 54.4 Å². The minimum Gasteiger partial charge on any atom is -0.494 e. The number of benzene rings is 3. The molecule has 0 N–H and O–H groups in total. The number of sulfonamides is 1. The van der Waals surface area contributed by atoms with Crippen LogP contribution in [0.2, 0.25) is 5.02 Å². The number of rotatable bonds is 5. The maximum Gasteiger partial charge on any atom is 0.245 e. The summed E-state index contributed by atoms with van der Waals surface area (Å²) in [5.74, 6) is 0.715. The molecular weight excluding hydrogens is 394 g/mol. The van der Waals surface area contributed by atoms with Gasteiger partial charge in [0.25, 0.3) is 0 Å². The average Bonchev–Trinajstić information content (AvgIpc) is 2.70. The van der Waals surface area contributed by atoms with Crippen LogP contribution < -0.4 is 9.04 Å². The smallest absolute Gasteiger partial charge is 0.245 e. The van der Waals surface area contributed by atoms with Gasteiger partial charge in [0.05, 0.1) is 18.3 Å². The first kappa shape index (κ1) is 18.8. The van der Waals surface area contributed by atoms with E-state index in [4.69, 9.17) is 16.3 Å². The molecule has 1 fully saturated rings. The predicted octanol–water partition coefficient (Wildman–Crippen LogP) is 5.37. The topological polar surface area (TPSA) is 46.6 Å². The number of ether oxygens (including phenoxy) is 1. The molecule has 0 radical (unpaired) electrons. The van der Waals surface area contributed by atoms with E-state index in [1.54, 1.807) is 36.4 Å². The molecule has 0 amide bonds. The summed E-state index contributed by atoms with van der Waals surface area (Å²) < 4.78 is 33.5. The van der Waals surface area contributed by atoms with Gasteiger partial charge in [-0.2, -0.15) is 0 Å².